The zero-order valence-corrected chi connectivity index (χ0v) is 15.8. The van der Waals surface area contributed by atoms with Crippen molar-refractivity contribution < 1.29 is 22.8 Å². The van der Waals surface area contributed by atoms with E-state index in [0.717, 1.165) is 16.2 Å². The van der Waals surface area contributed by atoms with Gasteiger partial charge in [-0.1, -0.05) is 18.2 Å². The van der Waals surface area contributed by atoms with Crippen LogP contribution in [0, 0.1) is 0 Å². The molecule has 10 heteroatoms. The SMILES string of the molecule is O=C(CCN1C(=O)c2ccccc2C1=O)NCCNS(=O)(=O)c1cccs1. The smallest absolute Gasteiger partial charge is 0.261 e. The summed E-state index contributed by atoms with van der Waals surface area (Å²) in [4.78, 5) is 37.4. The molecule has 0 saturated carbocycles. The van der Waals surface area contributed by atoms with Gasteiger partial charge in [-0.05, 0) is 23.6 Å². The van der Waals surface area contributed by atoms with Crippen LogP contribution in [0.15, 0.2) is 46.0 Å². The third-order valence-electron chi connectivity index (χ3n) is 3.94. The van der Waals surface area contributed by atoms with Crippen molar-refractivity contribution in [1.82, 2.24) is 14.9 Å². The standard InChI is InChI=1S/C17H17N3O5S2/c21-14(18-8-9-19-27(24,25)15-6-3-11-26-15)7-10-20-16(22)12-4-1-2-5-13(12)17(20)23/h1-6,11,19H,7-10H2,(H,18,21). The fraction of sp³-hybridized carbons (Fsp3) is 0.235. The molecule has 0 unspecified atom stereocenters. The van der Waals surface area contributed by atoms with Gasteiger partial charge in [-0.15, -0.1) is 11.3 Å². The fourth-order valence-electron chi connectivity index (χ4n) is 2.62. The molecule has 0 atom stereocenters. The molecule has 8 nitrogen and oxygen atoms in total. The number of hydrogen-bond acceptors (Lipinski definition) is 6. The van der Waals surface area contributed by atoms with Gasteiger partial charge in [0, 0.05) is 26.1 Å². The van der Waals surface area contributed by atoms with E-state index in [4.69, 9.17) is 0 Å². The maximum atomic E-state index is 12.2. The number of nitrogens with one attached hydrogen (secondary N) is 2. The van der Waals surface area contributed by atoms with Crippen LogP contribution in [0.25, 0.3) is 0 Å². The van der Waals surface area contributed by atoms with Gasteiger partial charge in [0.25, 0.3) is 11.8 Å². The zero-order valence-electron chi connectivity index (χ0n) is 14.2. The van der Waals surface area contributed by atoms with E-state index in [1.54, 1.807) is 35.7 Å². The van der Waals surface area contributed by atoms with Crippen LogP contribution in [0.1, 0.15) is 27.1 Å². The predicted octanol–water partition coefficient (Wildman–Crippen LogP) is 0.829. The summed E-state index contributed by atoms with van der Waals surface area (Å²) in [6.45, 7) is 0.115. The topological polar surface area (TPSA) is 113 Å². The molecule has 1 aliphatic rings. The summed E-state index contributed by atoms with van der Waals surface area (Å²) in [5.74, 6) is -1.19. The number of carbonyl (C=O) groups excluding carboxylic acids is 3. The highest BCUT2D eigenvalue weighted by atomic mass is 32.2. The van der Waals surface area contributed by atoms with Gasteiger partial charge in [0.05, 0.1) is 11.1 Å². The summed E-state index contributed by atoms with van der Waals surface area (Å²) in [6.07, 6.45) is -0.0524. The number of nitrogens with zero attached hydrogens (tertiary/aromatic N) is 1. The lowest BCUT2D eigenvalue weighted by Crippen LogP contribution is -2.37. The van der Waals surface area contributed by atoms with E-state index < -0.39 is 21.8 Å². The van der Waals surface area contributed by atoms with Crippen LogP contribution in [0.3, 0.4) is 0 Å². The second-order valence-electron chi connectivity index (χ2n) is 5.74. The number of carbonyl (C=O) groups is 3. The predicted molar refractivity (Wildman–Crippen MR) is 98.9 cm³/mol. The average Bonchev–Trinajstić information content (AvgIpc) is 3.27. The monoisotopic (exact) mass is 407 g/mol. The van der Waals surface area contributed by atoms with Gasteiger partial charge in [0.2, 0.25) is 15.9 Å². The molecule has 1 aliphatic heterocycles. The molecule has 0 spiro atoms. The summed E-state index contributed by atoms with van der Waals surface area (Å²) >= 11 is 1.10. The number of thiophene rings is 1. The molecule has 142 valence electrons. The van der Waals surface area contributed by atoms with Crippen molar-refractivity contribution in [3.05, 3.63) is 52.9 Å². The van der Waals surface area contributed by atoms with Crippen LogP contribution in [-0.4, -0.2) is 50.7 Å². The second-order valence-corrected chi connectivity index (χ2v) is 8.68. The van der Waals surface area contributed by atoms with Crippen molar-refractivity contribution in [2.24, 2.45) is 0 Å². The highest BCUT2D eigenvalue weighted by molar-refractivity contribution is 7.91. The van der Waals surface area contributed by atoms with Gasteiger partial charge in [-0.2, -0.15) is 0 Å². The minimum atomic E-state index is -3.57. The molecule has 2 heterocycles. The van der Waals surface area contributed by atoms with E-state index in [0.29, 0.717) is 11.1 Å². The largest absolute Gasteiger partial charge is 0.355 e. The minimum Gasteiger partial charge on any atom is -0.355 e. The van der Waals surface area contributed by atoms with Crippen molar-refractivity contribution >= 4 is 39.1 Å². The molecule has 3 rings (SSSR count). The molecule has 0 fully saturated rings. The van der Waals surface area contributed by atoms with Gasteiger partial charge < -0.3 is 5.32 Å². The van der Waals surface area contributed by atoms with Crippen molar-refractivity contribution in [2.45, 2.75) is 10.6 Å². The first-order valence-electron chi connectivity index (χ1n) is 8.15. The van der Waals surface area contributed by atoms with E-state index in [-0.39, 0.29) is 36.2 Å². The molecule has 0 saturated heterocycles. The average molecular weight is 407 g/mol. The van der Waals surface area contributed by atoms with Gasteiger partial charge in [0.1, 0.15) is 4.21 Å². The lowest BCUT2D eigenvalue weighted by Gasteiger charge is -2.13. The second kappa shape index (κ2) is 7.99. The molecule has 0 radical (unpaired) electrons. The fourth-order valence-corrected chi connectivity index (χ4v) is 4.69. The summed E-state index contributed by atoms with van der Waals surface area (Å²) in [7, 11) is -3.57. The molecule has 2 aromatic rings. The first-order valence-corrected chi connectivity index (χ1v) is 10.5. The van der Waals surface area contributed by atoms with Crippen molar-refractivity contribution in [3.8, 4) is 0 Å². The van der Waals surface area contributed by atoms with Gasteiger partial charge in [-0.3, -0.25) is 19.3 Å². The number of hydrogen-bond donors (Lipinski definition) is 2. The van der Waals surface area contributed by atoms with Crippen molar-refractivity contribution in [3.63, 3.8) is 0 Å². The first kappa shape index (κ1) is 19.2. The Morgan fingerprint density at radius 3 is 2.26 bits per heavy atom. The van der Waals surface area contributed by atoms with Crippen LogP contribution < -0.4 is 10.0 Å². The number of benzene rings is 1. The third-order valence-corrected chi connectivity index (χ3v) is 6.80. The third kappa shape index (κ3) is 4.24. The lowest BCUT2D eigenvalue weighted by molar-refractivity contribution is -0.121. The number of fused-ring (bicyclic) bond motifs is 1. The first-order chi connectivity index (χ1) is 12.9. The van der Waals surface area contributed by atoms with E-state index in [2.05, 4.69) is 10.0 Å². The van der Waals surface area contributed by atoms with Crippen LogP contribution in [0.5, 0.6) is 0 Å². The number of imide groups is 1. The Kier molecular flexibility index (Phi) is 5.68. The van der Waals surface area contributed by atoms with E-state index >= 15 is 0 Å². The maximum absolute atomic E-state index is 12.2. The summed E-state index contributed by atoms with van der Waals surface area (Å²) in [5.41, 5.74) is 0.678. The Hall–Kier alpha value is -2.56. The summed E-state index contributed by atoms with van der Waals surface area (Å²) < 4.78 is 26.4. The van der Waals surface area contributed by atoms with Crippen molar-refractivity contribution in [2.75, 3.05) is 19.6 Å². The maximum Gasteiger partial charge on any atom is 0.261 e. The van der Waals surface area contributed by atoms with Gasteiger partial charge in [-0.25, -0.2) is 13.1 Å². The number of rotatable bonds is 8. The summed E-state index contributed by atoms with van der Waals surface area (Å²) in [6, 6.07) is 9.65. The lowest BCUT2D eigenvalue weighted by atomic mass is 10.1. The highest BCUT2D eigenvalue weighted by Crippen LogP contribution is 2.22. The molecule has 0 bridgehead atoms. The molecular formula is C17H17N3O5S2. The minimum absolute atomic E-state index is 0.0287. The molecule has 3 amide bonds. The Labute approximate surface area is 160 Å². The van der Waals surface area contributed by atoms with E-state index in [9.17, 15) is 22.8 Å². The van der Waals surface area contributed by atoms with Crippen LogP contribution in [0.4, 0.5) is 0 Å². The van der Waals surface area contributed by atoms with Gasteiger partial charge in [0.15, 0.2) is 0 Å². The molecular weight excluding hydrogens is 390 g/mol. The van der Waals surface area contributed by atoms with Crippen LogP contribution >= 0.6 is 11.3 Å². The Balaban J connectivity index is 1.42. The van der Waals surface area contributed by atoms with Crippen LogP contribution in [0.2, 0.25) is 0 Å². The van der Waals surface area contributed by atoms with Crippen LogP contribution in [-0.2, 0) is 14.8 Å². The van der Waals surface area contributed by atoms with Gasteiger partial charge >= 0.3 is 0 Å². The molecule has 1 aromatic heterocycles. The number of amides is 3. The molecule has 1 aromatic carbocycles. The van der Waals surface area contributed by atoms with Crippen molar-refractivity contribution in [1.29, 1.82) is 0 Å². The Morgan fingerprint density at radius 2 is 1.67 bits per heavy atom. The quantitative estimate of drug-likeness (QED) is 0.497. The number of sulfonamides is 1. The Morgan fingerprint density at radius 1 is 1.00 bits per heavy atom. The van der Waals surface area contributed by atoms with E-state index in [1.165, 1.54) is 6.07 Å². The van der Waals surface area contributed by atoms with E-state index in [1.807, 2.05) is 0 Å². The summed E-state index contributed by atoms with van der Waals surface area (Å²) in [5, 5.41) is 4.23. The molecule has 2 N–H and O–H groups in total. The molecule has 0 aliphatic carbocycles. The highest BCUT2D eigenvalue weighted by Gasteiger charge is 2.34. The Bertz CT molecular complexity index is 935. The normalized spacial score (nSPS) is 13.7. The zero-order chi connectivity index (χ0) is 19.4. The molecule has 27 heavy (non-hydrogen) atoms.